The van der Waals surface area contributed by atoms with Crippen molar-refractivity contribution in [3.8, 4) is 0 Å². The Morgan fingerprint density at radius 3 is 1.29 bits per heavy atom. The fourth-order valence-electron chi connectivity index (χ4n) is 2.96. The number of hydrogen-bond acceptors (Lipinski definition) is 6. The average molecular weight is 503 g/mol. The van der Waals surface area contributed by atoms with Crippen LogP contribution in [0.3, 0.4) is 0 Å². The highest BCUT2D eigenvalue weighted by molar-refractivity contribution is 7.89. The molecule has 0 aliphatic carbocycles. The number of primary sulfonamides is 2. The Kier molecular flexibility index (Phi) is 7.47. The maximum atomic E-state index is 12.5. The summed E-state index contributed by atoms with van der Waals surface area (Å²) in [7, 11) is -7.58. The van der Waals surface area contributed by atoms with Crippen LogP contribution in [0.25, 0.3) is 0 Å². The molecule has 34 heavy (non-hydrogen) atoms. The van der Waals surface area contributed by atoms with Gasteiger partial charge < -0.3 is 10.6 Å². The van der Waals surface area contributed by atoms with Gasteiger partial charge in [0.05, 0.1) is 9.79 Å². The Morgan fingerprint density at radius 1 is 0.618 bits per heavy atom. The molecule has 0 unspecified atom stereocenters. The highest BCUT2D eigenvalue weighted by Crippen LogP contribution is 2.11. The summed E-state index contributed by atoms with van der Waals surface area (Å²) in [6, 6.07) is 17.7. The SMILES string of the molecule is NS(=O)(=O)c1ccc(CNC(=O)c2cccc(C(=O)NCc3ccc(S(N)(=O)=O)cc3)c2)cc1. The van der Waals surface area contributed by atoms with Gasteiger partial charge in [0.25, 0.3) is 11.8 Å². The molecule has 0 heterocycles. The first-order chi connectivity index (χ1) is 15.9. The second kappa shape index (κ2) is 10.1. The number of rotatable bonds is 8. The van der Waals surface area contributed by atoms with Gasteiger partial charge in [-0.3, -0.25) is 9.59 Å². The van der Waals surface area contributed by atoms with Crippen molar-refractivity contribution >= 4 is 31.9 Å². The lowest BCUT2D eigenvalue weighted by molar-refractivity contribution is 0.0950. The summed E-state index contributed by atoms with van der Waals surface area (Å²) in [6.45, 7) is 0.295. The van der Waals surface area contributed by atoms with Crippen LogP contribution < -0.4 is 20.9 Å². The van der Waals surface area contributed by atoms with Crippen molar-refractivity contribution < 1.29 is 26.4 Å². The fourth-order valence-corrected chi connectivity index (χ4v) is 4.00. The molecule has 12 heteroatoms. The van der Waals surface area contributed by atoms with Crippen molar-refractivity contribution in [2.24, 2.45) is 10.3 Å². The standard InChI is InChI=1S/C22H22N4O6S2/c23-33(29,30)19-8-4-15(5-9-19)13-25-21(27)17-2-1-3-18(12-17)22(28)26-14-16-6-10-20(11-7-16)34(24,31)32/h1-12H,13-14H2,(H,25,27)(H,26,28)(H2,23,29,30)(H2,24,31,32). The third-order valence-electron chi connectivity index (χ3n) is 4.80. The van der Waals surface area contributed by atoms with Crippen LogP contribution in [-0.2, 0) is 33.1 Å². The third kappa shape index (κ3) is 6.71. The van der Waals surface area contributed by atoms with E-state index in [1.807, 2.05) is 0 Å². The second-order valence-corrected chi connectivity index (χ2v) is 10.4. The molecule has 0 radical (unpaired) electrons. The average Bonchev–Trinajstić information content (AvgIpc) is 2.80. The van der Waals surface area contributed by atoms with Crippen molar-refractivity contribution in [3.63, 3.8) is 0 Å². The monoisotopic (exact) mass is 502 g/mol. The molecule has 0 aliphatic rings. The molecule has 0 saturated heterocycles. The summed E-state index contributed by atoms with van der Waals surface area (Å²) < 4.78 is 45.2. The van der Waals surface area contributed by atoms with Crippen molar-refractivity contribution in [1.82, 2.24) is 10.6 Å². The predicted octanol–water partition coefficient (Wildman–Crippen LogP) is 0.841. The van der Waals surface area contributed by atoms with Gasteiger partial charge in [0.2, 0.25) is 20.0 Å². The van der Waals surface area contributed by atoms with Gasteiger partial charge in [0.1, 0.15) is 0 Å². The largest absolute Gasteiger partial charge is 0.348 e. The molecule has 0 saturated carbocycles. The minimum absolute atomic E-state index is 0.0263. The number of sulfonamides is 2. The molecule has 0 aromatic heterocycles. The number of carbonyl (C=O) groups excluding carboxylic acids is 2. The maximum Gasteiger partial charge on any atom is 0.251 e. The third-order valence-corrected chi connectivity index (χ3v) is 6.66. The van der Waals surface area contributed by atoms with Crippen LogP contribution >= 0.6 is 0 Å². The quantitative estimate of drug-likeness (QED) is 0.354. The predicted molar refractivity (Wildman–Crippen MR) is 124 cm³/mol. The van der Waals surface area contributed by atoms with Crippen LogP contribution in [0.5, 0.6) is 0 Å². The summed E-state index contributed by atoms with van der Waals surface area (Å²) in [6.07, 6.45) is 0. The molecule has 178 valence electrons. The molecule has 10 nitrogen and oxygen atoms in total. The van der Waals surface area contributed by atoms with Crippen LogP contribution in [0.4, 0.5) is 0 Å². The van der Waals surface area contributed by atoms with Crippen LogP contribution in [-0.4, -0.2) is 28.6 Å². The van der Waals surface area contributed by atoms with E-state index in [1.54, 1.807) is 42.5 Å². The Hall–Kier alpha value is -3.58. The number of amides is 2. The Labute approximate surface area is 197 Å². The highest BCUT2D eigenvalue weighted by atomic mass is 32.2. The van der Waals surface area contributed by atoms with E-state index in [0.717, 1.165) is 0 Å². The van der Waals surface area contributed by atoms with Gasteiger partial charge in [0.15, 0.2) is 0 Å². The minimum atomic E-state index is -3.79. The van der Waals surface area contributed by atoms with E-state index >= 15 is 0 Å². The summed E-state index contributed by atoms with van der Waals surface area (Å²) in [5, 5.41) is 15.5. The van der Waals surface area contributed by atoms with Gasteiger partial charge in [-0.2, -0.15) is 0 Å². The molecule has 0 bridgehead atoms. The first kappa shape index (κ1) is 25.1. The first-order valence-electron chi connectivity index (χ1n) is 9.83. The minimum Gasteiger partial charge on any atom is -0.348 e. The number of benzene rings is 3. The zero-order chi connectivity index (χ0) is 24.9. The van der Waals surface area contributed by atoms with Crippen LogP contribution in [0, 0.1) is 0 Å². The zero-order valence-corrected chi connectivity index (χ0v) is 19.4. The summed E-state index contributed by atoms with van der Waals surface area (Å²) in [5.74, 6) is -0.826. The Morgan fingerprint density at radius 2 is 0.971 bits per heavy atom. The normalized spacial score (nSPS) is 11.6. The lowest BCUT2D eigenvalue weighted by Crippen LogP contribution is -2.25. The Bertz CT molecular complexity index is 1310. The molecule has 0 atom stereocenters. The van der Waals surface area contributed by atoms with E-state index in [2.05, 4.69) is 10.6 Å². The molecular weight excluding hydrogens is 480 g/mol. The van der Waals surface area contributed by atoms with E-state index in [0.29, 0.717) is 11.1 Å². The van der Waals surface area contributed by atoms with Gasteiger partial charge in [-0.05, 0) is 53.6 Å². The van der Waals surface area contributed by atoms with Gasteiger partial charge in [-0.1, -0.05) is 30.3 Å². The van der Waals surface area contributed by atoms with Gasteiger partial charge >= 0.3 is 0 Å². The van der Waals surface area contributed by atoms with Crippen LogP contribution in [0.15, 0.2) is 82.6 Å². The molecule has 6 N–H and O–H groups in total. The van der Waals surface area contributed by atoms with Crippen LogP contribution in [0.1, 0.15) is 31.8 Å². The number of nitrogens with two attached hydrogens (primary N) is 2. The van der Waals surface area contributed by atoms with Crippen molar-refractivity contribution in [2.75, 3.05) is 0 Å². The maximum absolute atomic E-state index is 12.5. The lowest BCUT2D eigenvalue weighted by atomic mass is 10.1. The van der Waals surface area contributed by atoms with Crippen molar-refractivity contribution in [3.05, 3.63) is 95.1 Å². The number of hydrogen-bond donors (Lipinski definition) is 4. The van der Waals surface area contributed by atoms with Gasteiger partial charge in [-0.25, -0.2) is 27.1 Å². The molecule has 3 aromatic carbocycles. The number of nitrogens with one attached hydrogen (secondary N) is 2. The highest BCUT2D eigenvalue weighted by Gasteiger charge is 2.12. The van der Waals surface area contributed by atoms with E-state index in [9.17, 15) is 26.4 Å². The van der Waals surface area contributed by atoms with Gasteiger partial charge in [-0.15, -0.1) is 0 Å². The summed E-state index contributed by atoms with van der Waals surface area (Å²) >= 11 is 0. The molecule has 2 amide bonds. The lowest BCUT2D eigenvalue weighted by Gasteiger charge is -2.09. The summed E-state index contributed by atoms with van der Waals surface area (Å²) in [5.41, 5.74) is 1.88. The van der Waals surface area contributed by atoms with E-state index < -0.39 is 31.9 Å². The zero-order valence-electron chi connectivity index (χ0n) is 17.8. The molecule has 0 fully saturated rings. The van der Waals surface area contributed by atoms with Crippen molar-refractivity contribution in [2.45, 2.75) is 22.9 Å². The second-order valence-electron chi connectivity index (χ2n) is 7.32. The van der Waals surface area contributed by atoms with E-state index in [-0.39, 0.29) is 34.0 Å². The molecule has 0 aliphatic heterocycles. The summed E-state index contributed by atoms with van der Waals surface area (Å²) in [4.78, 5) is 24.9. The Balaban J connectivity index is 1.59. The fraction of sp³-hybridized carbons (Fsp3) is 0.0909. The number of carbonyl (C=O) groups is 2. The molecule has 0 spiro atoms. The van der Waals surface area contributed by atoms with E-state index in [1.165, 1.54) is 30.3 Å². The molecule has 3 aromatic rings. The van der Waals surface area contributed by atoms with Crippen LogP contribution in [0.2, 0.25) is 0 Å². The smallest absolute Gasteiger partial charge is 0.251 e. The van der Waals surface area contributed by atoms with E-state index in [4.69, 9.17) is 10.3 Å². The first-order valence-corrected chi connectivity index (χ1v) is 12.9. The van der Waals surface area contributed by atoms with Crippen molar-refractivity contribution in [1.29, 1.82) is 0 Å². The molecule has 3 rings (SSSR count). The molecular formula is C22H22N4O6S2. The van der Waals surface area contributed by atoms with Gasteiger partial charge in [0, 0.05) is 24.2 Å². The topological polar surface area (TPSA) is 179 Å².